The van der Waals surface area contributed by atoms with Gasteiger partial charge in [0.1, 0.15) is 11.4 Å². The summed E-state index contributed by atoms with van der Waals surface area (Å²) in [6.45, 7) is 7.95. The Bertz CT molecular complexity index is 656. The Morgan fingerprint density at radius 3 is 2.48 bits per heavy atom. The quantitative estimate of drug-likeness (QED) is 0.845. The third-order valence-electron chi connectivity index (χ3n) is 4.78. The van der Waals surface area contributed by atoms with E-state index in [-0.39, 0.29) is 24.9 Å². The molecule has 0 saturated carbocycles. The third-order valence-corrected chi connectivity index (χ3v) is 4.78. The second-order valence-corrected chi connectivity index (χ2v) is 8.16. The van der Waals surface area contributed by atoms with Crippen LogP contribution >= 0.6 is 0 Å². The molecule has 0 radical (unpaired) electrons. The first-order valence-electron chi connectivity index (χ1n) is 8.67. The molecule has 2 bridgehead atoms. The first-order valence-corrected chi connectivity index (χ1v) is 8.67. The minimum Gasteiger partial charge on any atom is -0.444 e. The average molecular weight is 351 g/mol. The molecule has 2 aliphatic rings. The van der Waals surface area contributed by atoms with Crippen molar-refractivity contribution in [1.82, 2.24) is 4.90 Å². The fraction of sp³-hybridized carbons (Fsp3) is 0.632. The Morgan fingerprint density at radius 2 is 1.92 bits per heavy atom. The zero-order valence-electron chi connectivity index (χ0n) is 15.2. The fourth-order valence-electron chi connectivity index (χ4n) is 3.80. The van der Waals surface area contributed by atoms with E-state index in [9.17, 15) is 14.3 Å². The van der Waals surface area contributed by atoms with Crippen LogP contribution in [0.15, 0.2) is 18.2 Å². The molecule has 25 heavy (non-hydrogen) atoms. The summed E-state index contributed by atoms with van der Waals surface area (Å²) in [6, 6.07) is 4.08. The van der Waals surface area contributed by atoms with Crippen LogP contribution in [0.2, 0.25) is 0 Å². The Kier molecular flexibility index (Phi) is 4.54. The number of aryl methyl sites for hydroxylation is 1. The molecule has 2 heterocycles. The van der Waals surface area contributed by atoms with Gasteiger partial charge in [-0.2, -0.15) is 0 Å². The maximum atomic E-state index is 14.4. The number of morpholine rings is 1. The number of aliphatic hydroxyl groups is 1. The van der Waals surface area contributed by atoms with Gasteiger partial charge in [-0.1, -0.05) is 17.7 Å². The number of amides is 1. The Balaban J connectivity index is 1.88. The maximum Gasteiger partial charge on any atom is 0.410 e. The van der Waals surface area contributed by atoms with E-state index in [0.29, 0.717) is 18.8 Å². The SMILES string of the molecule is Cc1ccc(F)c(C2(O)CC3COCC(C2)N3C(=O)OC(C)(C)C)c1. The Hall–Kier alpha value is -1.66. The first-order chi connectivity index (χ1) is 11.6. The normalized spacial score (nSPS) is 29.4. The van der Waals surface area contributed by atoms with Gasteiger partial charge >= 0.3 is 6.09 Å². The zero-order valence-corrected chi connectivity index (χ0v) is 15.2. The topological polar surface area (TPSA) is 59.0 Å². The summed E-state index contributed by atoms with van der Waals surface area (Å²) in [5.74, 6) is -0.419. The Morgan fingerprint density at radius 1 is 1.32 bits per heavy atom. The summed E-state index contributed by atoms with van der Waals surface area (Å²) in [5.41, 5.74) is -0.717. The van der Waals surface area contributed by atoms with E-state index in [1.54, 1.807) is 17.0 Å². The number of benzene rings is 1. The lowest BCUT2D eigenvalue weighted by molar-refractivity contribution is -0.142. The molecular weight excluding hydrogens is 325 g/mol. The van der Waals surface area contributed by atoms with E-state index in [4.69, 9.17) is 9.47 Å². The van der Waals surface area contributed by atoms with E-state index in [1.165, 1.54) is 6.07 Å². The standard InChI is InChI=1S/C19H26FNO4/c1-12-5-6-16(20)15(7-12)19(23)8-13-10-24-11-14(9-19)21(13)17(22)25-18(2,3)4/h5-7,13-14,23H,8-11H2,1-4H3. The highest BCUT2D eigenvalue weighted by atomic mass is 19.1. The molecule has 2 aliphatic heterocycles. The minimum absolute atomic E-state index is 0.225. The number of nitrogens with zero attached hydrogens (tertiary/aromatic N) is 1. The van der Waals surface area contributed by atoms with Gasteiger partial charge in [-0.3, -0.25) is 4.90 Å². The third kappa shape index (κ3) is 3.65. The van der Waals surface area contributed by atoms with Crippen molar-refractivity contribution in [3.63, 3.8) is 0 Å². The summed E-state index contributed by atoms with van der Waals surface area (Å²) in [4.78, 5) is 14.3. The van der Waals surface area contributed by atoms with Crippen LogP contribution < -0.4 is 0 Å². The number of halogens is 1. The molecule has 0 aromatic heterocycles. The minimum atomic E-state index is -1.31. The molecule has 6 heteroatoms. The summed E-state index contributed by atoms with van der Waals surface area (Å²) in [5, 5.41) is 11.2. The molecule has 1 aromatic rings. The van der Waals surface area contributed by atoms with Crippen LogP contribution in [0.1, 0.15) is 44.7 Å². The average Bonchev–Trinajstić information content (AvgIpc) is 2.47. The van der Waals surface area contributed by atoms with Crippen molar-refractivity contribution in [3.8, 4) is 0 Å². The predicted molar refractivity (Wildman–Crippen MR) is 90.7 cm³/mol. The van der Waals surface area contributed by atoms with Crippen molar-refractivity contribution in [2.75, 3.05) is 13.2 Å². The second kappa shape index (κ2) is 6.25. The van der Waals surface area contributed by atoms with Crippen LogP contribution in [0.5, 0.6) is 0 Å². The number of carbonyl (C=O) groups excluding carboxylic acids is 1. The van der Waals surface area contributed by atoms with Crippen LogP contribution in [0.25, 0.3) is 0 Å². The van der Waals surface area contributed by atoms with Gasteiger partial charge in [0.05, 0.1) is 30.9 Å². The molecule has 138 valence electrons. The highest BCUT2D eigenvalue weighted by Crippen LogP contribution is 2.42. The van der Waals surface area contributed by atoms with Crippen molar-refractivity contribution in [3.05, 3.63) is 35.1 Å². The molecule has 1 amide bonds. The van der Waals surface area contributed by atoms with Crippen molar-refractivity contribution in [1.29, 1.82) is 0 Å². The molecule has 1 N–H and O–H groups in total. The molecule has 2 atom stereocenters. The van der Waals surface area contributed by atoms with Crippen molar-refractivity contribution in [2.45, 2.75) is 63.8 Å². The summed E-state index contributed by atoms with van der Waals surface area (Å²) in [6.07, 6.45) is 0.0456. The number of fused-ring (bicyclic) bond motifs is 2. The fourth-order valence-corrected chi connectivity index (χ4v) is 3.80. The molecule has 3 rings (SSSR count). The highest BCUT2D eigenvalue weighted by molar-refractivity contribution is 5.69. The first kappa shape index (κ1) is 18.1. The van der Waals surface area contributed by atoms with Crippen molar-refractivity contribution >= 4 is 6.09 Å². The number of ether oxygens (including phenoxy) is 2. The summed E-state index contributed by atoms with van der Waals surface area (Å²) in [7, 11) is 0. The number of carbonyl (C=O) groups is 1. The Labute approximate surface area is 147 Å². The van der Waals surface area contributed by atoms with E-state index < -0.39 is 23.1 Å². The van der Waals surface area contributed by atoms with Gasteiger partial charge in [0, 0.05) is 18.4 Å². The van der Waals surface area contributed by atoms with Crippen LogP contribution in [-0.2, 0) is 15.1 Å². The lowest BCUT2D eigenvalue weighted by atomic mass is 9.76. The van der Waals surface area contributed by atoms with E-state index in [2.05, 4.69) is 0 Å². The van der Waals surface area contributed by atoms with E-state index in [0.717, 1.165) is 5.56 Å². The molecular formula is C19H26FNO4. The van der Waals surface area contributed by atoms with Gasteiger partial charge in [-0.25, -0.2) is 9.18 Å². The monoisotopic (exact) mass is 351 g/mol. The molecule has 0 spiro atoms. The summed E-state index contributed by atoms with van der Waals surface area (Å²) >= 11 is 0. The van der Waals surface area contributed by atoms with Gasteiger partial charge in [0.25, 0.3) is 0 Å². The molecule has 2 unspecified atom stereocenters. The zero-order chi connectivity index (χ0) is 18.4. The number of piperidine rings is 1. The van der Waals surface area contributed by atoms with Crippen LogP contribution in [-0.4, -0.2) is 47.0 Å². The molecule has 2 saturated heterocycles. The van der Waals surface area contributed by atoms with Crippen LogP contribution in [0.4, 0.5) is 9.18 Å². The lowest BCUT2D eigenvalue weighted by Gasteiger charge is -2.51. The largest absolute Gasteiger partial charge is 0.444 e. The van der Waals surface area contributed by atoms with Crippen molar-refractivity contribution < 1.29 is 23.8 Å². The van der Waals surface area contributed by atoms with Crippen LogP contribution in [0.3, 0.4) is 0 Å². The summed E-state index contributed by atoms with van der Waals surface area (Å²) < 4.78 is 25.4. The van der Waals surface area contributed by atoms with E-state index >= 15 is 0 Å². The molecule has 5 nitrogen and oxygen atoms in total. The molecule has 1 aromatic carbocycles. The van der Waals surface area contributed by atoms with Gasteiger partial charge in [-0.15, -0.1) is 0 Å². The number of hydrogen-bond donors (Lipinski definition) is 1. The smallest absolute Gasteiger partial charge is 0.410 e. The number of hydrogen-bond acceptors (Lipinski definition) is 4. The van der Waals surface area contributed by atoms with Gasteiger partial charge in [0.15, 0.2) is 0 Å². The van der Waals surface area contributed by atoms with Crippen molar-refractivity contribution in [2.24, 2.45) is 0 Å². The molecule has 2 fully saturated rings. The van der Waals surface area contributed by atoms with E-state index in [1.807, 2.05) is 27.7 Å². The highest BCUT2D eigenvalue weighted by Gasteiger charge is 2.50. The maximum absolute atomic E-state index is 14.4. The lowest BCUT2D eigenvalue weighted by Crippen LogP contribution is -2.63. The predicted octanol–water partition coefficient (Wildman–Crippen LogP) is 3.12. The van der Waals surface area contributed by atoms with Crippen LogP contribution in [0, 0.1) is 12.7 Å². The van der Waals surface area contributed by atoms with Gasteiger partial charge in [-0.05, 0) is 33.8 Å². The van der Waals surface area contributed by atoms with Gasteiger partial charge < -0.3 is 14.6 Å². The molecule has 0 aliphatic carbocycles. The number of rotatable bonds is 1. The second-order valence-electron chi connectivity index (χ2n) is 8.16. The van der Waals surface area contributed by atoms with Gasteiger partial charge in [0.2, 0.25) is 0 Å².